The maximum Gasteiger partial charge on any atom is 0.254 e. The summed E-state index contributed by atoms with van der Waals surface area (Å²) in [5.74, 6) is -0.110. The number of benzene rings is 1. The predicted molar refractivity (Wildman–Crippen MR) is 56.7 cm³/mol. The topological polar surface area (TPSA) is 20.3 Å². The fourth-order valence-electron chi connectivity index (χ4n) is 0.926. The highest BCUT2D eigenvalue weighted by Crippen LogP contribution is 2.24. The highest BCUT2D eigenvalue weighted by atomic mass is 35.5. The SMILES string of the molecule is CN(C)C(=O)c1cccc(S)c1Cl. The number of rotatable bonds is 1. The molecule has 0 unspecified atom stereocenters. The highest BCUT2D eigenvalue weighted by Gasteiger charge is 2.12. The van der Waals surface area contributed by atoms with Crippen LogP contribution in [0.3, 0.4) is 0 Å². The molecule has 1 rings (SSSR count). The second-order valence-corrected chi connectivity index (χ2v) is 3.70. The van der Waals surface area contributed by atoms with E-state index < -0.39 is 0 Å². The van der Waals surface area contributed by atoms with Gasteiger partial charge in [-0.15, -0.1) is 12.6 Å². The molecule has 1 amide bonds. The molecule has 0 aliphatic rings. The van der Waals surface area contributed by atoms with Gasteiger partial charge in [-0.3, -0.25) is 4.79 Å². The number of hydrogen-bond acceptors (Lipinski definition) is 2. The molecule has 2 nitrogen and oxygen atoms in total. The molecule has 0 saturated heterocycles. The van der Waals surface area contributed by atoms with E-state index in [1.807, 2.05) is 0 Å². The van der Waals surface area contributed by atoms with Gasteiger partial charge >= 0.3 is 0 Å². The van der Waals surface area contributed by atoms with Crippen LogP contribution in [0.2, 0.25) is 5.02 Å². The third-order valence-electron chi connectivity index (χ3n) is 1.61. The van der Waals surface area contributed by atoms with Crippen LogP contribution in [0.15, 0.2) is 23.1 Å². The Hall–Kier alpha value is -0.670. The van der Waals surface area contributed by atoms with Gasteiger partial charge in [0.2, 0.25) is 0 Å². The van der Waals surface area contributed by atoms with Crippen molar-refractivity contribution in [2.24, 2.45) is 0 Å². The van der Waals surface area contributed by atoms with Crippen molar-refractivity contribution < 1.29 is 4.79 Å². The van der Waals surface area contributed by atoms with Gasteiger partial charge in [-0.1, -0.05) is 17.7 Å². The Bertz CT molecular complexity index is 338. The highest BCUT2D eigenvalue weighted by molar-refractivity contribution is 7.80. The monoisotopic (exact) mass is 215 g/mol. The molecule has 1 aromatic carbocycles. The van der Waals surface area contributed by atoms with E-state index in [-0.39, 0.29) is 5.91 Å². The van der Waals surface area contributed by atoms with Crippen molar-refractivity contribution >= 4 is 30.1 Å². The van der Waals surface area contributed by atoms with Gasteiger partial charge < -0.3 is 4.90 Å². The maximum atomic E-state index is 11.5. The van der Waals surface area contributed by atoms with Crippen molar-refractivity contribution in [1.29, 1.82) is 0 Å². The third-order valence-corrected chi connectivity index (χ3v) is 2.53. The molecule has 0 atom stereocenters. The minimum absolute atomic E-state index is 0.110. The van der Waals surface area contributed by atoms with Crippen molar-refractivity contribution in [3.8, 4) is 0 Å². The van der Waals surface area contributed by atoms with E-state index in [2.05, 4.69) is 12.6 Å². The lowest BCUT2D eigenvalue weighted by atomic mass is 10.2. The van der Waals surface area contributed by atoms with E-state index in [4.69, 9.17) is 11.6 Å². The zero-order chi connectivity index (χ0) is 10.0. The zero-order valence-corrected chi connectivity index (χ0v) is 9.06. The molecule has 0 spiro atoms. The molecular weight excluding hydrogens is 206 g/mol. The average molecular weight is 216 g/mol. The van der Waals surface area contributed by atoms with Crippen molar-refractivity contribution in [1.82, 2.24) is 4.90 Å². The summed E-state index contributed by atoms with van der Waals surface area (Å²) in [5.41, 5.74) is 0.485. The molecule has 0 N–H and O–H groups in total. The van der Waals surface area contributed by atoms with E-state index in [0.717, 1.165) is 0 Å². The van der Waals surface area contributed by atoms with Crippen LogP contribution in [0.1, 0.15) is 10.4 Å². The summed E-state index contributed by atoms with van der Waals surface area (Å²) in [6.07, 6.45) is 0. The van der Waals surface area contributed by atoms with E-state index in [9.17, 15) is 4.79 Å². The predicted octanol–water partition coefficient (Wildman–Crippen LogP) is 2.33. The summed E-state index contributed by atoms with van der Waals surface area (Å²) in [6, 6.07) is 5.19. The summed E-state index contributed by atoms with van der Waals surface area (Å²) >= 11 is 10.0. The van der Waals surface area contributed by atoms with Crippen LogP contribution < -0.4 is 0 Å². The minimum atomic E-state index is -0.110. The summed E-state index contributed by atoms with van der Waals surface area (Å²) in [7, 11) is 3.37. The Morgan fingerprint density at radius 3 is 2.62 bits per heavy atom. The van der Waals surface area contributed by atoms with Gasteiger partial charge in [-0.05, 0) is 12.1 Å². The van der Waals surface area contributed by atoms with Gasteiger partial charge in [-0.25, -0.2) is 0 Å². The van der Waals surface area contributed by atoms with Crippen LogP contribution in [-0.2, 0) is 0 Å². The lowest BCUT2D eigenvalue weighted by molar-refractivity contribution is 0.0827. The first-order valence-electron chi connectivity index (χ1n) is 3.73. The molecule has 0 radical (unpaired) electrons. The Balaban J connectivity index is 3.15. The first-order valence-corrected chi connectivity index (χ1v) is 4.55. The molecule has 0 saturated carbocycles. The van der Waals surface area contributed by atoms with E-state index in [0.29, 0.717) is 15.5 Å². The Morgan fingerprint density at radius 2 is 2.08 bits per heavy atom. The molecule has 0 bridgehead atoms. The molecular formula is C9H10ClNOS. The van der Waals surface area contributed by atoms with Gasteiger partial charge in [0.15, 0.2) is 0 Å². The van der Waals surface area contributed by atoms with Crippen LogP contribution in [-0.4, -0.2) is 24.9 Å². The molecule has 0 aliphatic carbocycles. The lowest BCUT2D eigenvalue weighted by Crippen LogP contribution is -2.21. The quantitative estimate of drug-likeness (QED) is 0.713. The summed E-state index contributed by atoms with van der Waals surface area (Å²) in [4.78, 5) is 13.6. The Kier molecular flexibility index (Phi) is 3.22. The van der Waals surface area contributed by atoms with Crippen molar-refractivity contribution in [3.63, 3.8) is 0 Å². The molecule has 13 heavy (non-hydrogen) atoms. The molecule has 0 aliphatic heterocycles. The number of halogens is 1. The van der Waals surface area contributed by atoms with E-state index >= 15 is 0 Å². The summed E-state index contributed by atoms with van der Waals surface area (Å²) in [5, 5.41) is 0.407. The largest absolute Gasteiger partial charge is 0.345 e. The molecule has 1 aromatic rings. The number of carbonyl (C=O) groups is 1. The van der Waals surface area contributed by atoms with Crippen LogP contribution in [0.4, 0.5) is 0 Å². The van der Waals surface area contributed by atoms with Gasteiger partial charge in [0.25, 0.3) is 5.91 Å². The zero-order valence-electron chi connectivity index (χ0n) is 7.41. The normalized spacial score (nSPS) is 9.85. The smallest absolute Gasteiger partial charge is 0.254 e. The standard InChI is InChI=1S/C9H10ClNOS/c1-11(2)9(12)6-4-3-5-7(13)8(6)10/h3-5,13H,1-2H3. The number of hydrogen-bond donors (Lipinski definition) is 1. The van der Waals surface area contributed by atoms with Crippen LogP contribution >= 0.6 is 24.2 Å². The summed E-state index contributed by atoms with van der Waals surface area (Å²) in [6.45, 7) is 0. The van der Waals surface area contributed by atoms with Gasteiger partial charge in [-0.2, -0.15) is 0 Å². The number of amides is 1. The Labute approximate surface area is 87.9 Å². The number of nitrogens with zero attached hydrogens (tertiary/aromatic N) is 1. The Morgan fingerprint density at radius 1 is 1.46 bits per heavy atom. The van der Waals surface area contributed by atoms with Crippen molar-refractivity contribution in [2.75, 3.05) is 14.1 Å². The summed E-state index contributed by atoms with van der Waals surface area (Å²) < 4.78 is 0. The van der Waals surface area contributed by atoms with Gasteiger partial charge in [0.1, 0.15) is 0 Å². The number of thiol groups is 1. The second kappa shape index (κ2) is 4.03. The first kappa shape index (κ1) is 10.4. The van der Waals surface area contributed by atoms with Crippen LogP contribution in [0.5, 0.6) is 0 Å². The maximum absolute atomic E-state index is 11.5. The third kappa shape index (κ3) is 2.17. The first-order chi connectivity index (χ1) is 6.04. The molecule has 0 aromatic heterocycles. The van der Waals surface area contributed by atoms with E-state index in [1.165, 1.54) is 4.90 Å². The fourth-order valence-corrected chi connectivity index (χ4v) is 1.34. The van der Waals surface area contributed by atoms with Crippen molar-refractivity contribution in [3.05, 3.63) is 28.8 Å². The lowest BCUT2D eigenvalue weighted by Gasteiger charge is -2.11. The molecule has 0 fully saturated rings. The molecule has 4 heteroatoms. The fraction of sp³-hybridized carbons (Fsp3) is 0.222. The average Bonchev–Trinajstić information content (AvgIpc) is 2.08. The molecule has 70 valence electrons. The van der Waals surface area contributed by atoms with Gasteiger partial charge in [0, 0.05) is 19.0 Å². The van der Waals surface area contributed by atoms with E-state index in [1.54, 1.807) is 32.3 Å². The number of carbonyl (C=O) groups excluding carboxylic acids is 1. The van der Waals surface area contributed by atoms with Crippen molar-refractivity contribution in [2.45, 2.75) is 4.90 Å². The van der Waals surface area contributed by atoms with Crippen LogP contribution in [0, 0.1) is 0 Å². The second-order valence-electron chi connectivity index (χ2n) is 2.84. The minimum Gasteiger partial charge on any atom is -0.345 e. The molecule has 0 heterocycles. The van der Waals surface area contributed by atoms with Gasteiger partial charge in [0.05, 0.1) is 10.6 Å². The van der Waals surface area contributed by atoms with Crippen LogP contribution in [0.25, 0.3) is 0 Å².